The number of nitrogens with one attached hydrogen (secondary N) is 1. The number of hydrogen-bond donors (Lipinski definition) is 1. The minimum Gasteiger partial charge on any atom is -0.310 e. The number of hydrogen-bond acceptors (Lipinski definition) is 1. The average molecular weight is 277 g/mol. The molecule has 1 aromatic rings. The van der Waals surface area contributed by atoms with Crippen LogP contribution in [0.15, 0.2) is 22.7 Å². The highest BCUT2D eigenvalue weighted by Gasteiger charge is 2.09. The number of rotatable bonds is 4. The summed E-state index contributed by atoms with van der Waals surface area (Å²) in [5.74, 6) is 0. The van der Waals surface area contributed by atoms with E-state index in [-0.39, 0.29) is 0 Å². The zero-order valence-electron chi connectivity index (χ0n) is 8.48. The minimum atomic E-state index is 0.306. The normalized spacial score (nSPS) is 12.9. The minimum absolute atomic E-state index is 0.306. The summed E-state index contributed by atoms with van der Waals surface area (Å²) in [6.45, 7) is 5.30. The standard InChI is InChI=1S/C11H15BrClN/c1-3-7-14-8(2)9-5-4-6-10(12)11(9)13/h4-6,8,14H,3,7H2,1-2H3. The number of halogens is 2. The van der Waals surface area contributed by atoms with Crippen LogP contribution in [0.1, 0.15) is 31.9 Å². The van der Waals surface area contributed by atoms with Crippen LogP contribution < -0.4 is 5.32 Å². The van der Waals surface area contributed by atoms with Crippen LogP contribution >= 0.6 is 27.5 Å². The molecule has 0 bridgehead atoms. The van der Waals surface area contributed by atoms with Crippen molar-refractivity contribution in [3.63, 3.8) is 0 Å². The van der Waals surface area contributed by atoms with E-state index in [1.54, 1.807) is 0 Å². The van der Waals surface area contributed by atoms with Crippen LogP contribution in [0.2, 0.25) is 5.02 Å². The second-order valence-electron chi connectivity index (χ2n) is 3.32. The maximum Gasteiger partial charge on any atom is 0.0595 e. The number of benzene rings is 1. The second kappa shape index (κ2) is 5.74. The van der Waals surface area contributed by atoms with Crippen LogP contribution in [-0.4, -0.2) is 6.54 Å². The quantitative estimate of drug-likeness (QED) is 0.870. The Morgan fingerprint density at radius 2 is 2.21 bits per heavy atom. The van der Waals surface area contributed by atoms with Crippen molar-refractivity contribution in [1.29, 1.82) is 0 Å². The van der Waals surface area contributed by atoms with Gasteiger partial charge in [0.25, 0.3) is 0 Å². The SMILES string of the molecule is CCCNC(C)c1cccc(Br)c1Cl. The molecule has 3 heteroatoms. The smallest absolute Gasteiger partial charge is 0.0595 e. The lowest BCUT2D eigenvalue weighted by atomic mass is 10.1. The van der Waals surface area contributed by atoms with Crippen LogP contribution in [-0.2, 0) is 0 Å². The lowest BCUT2D eigenvalue weighted by molar-refractivity contribution is 0.570. The highest BCUT2D eigenvalue weighted by atomic mass is 79.9. The van der Waals surface area contributed by atoms with Crippen molar-refractivity contribution in [3.8, 4) is 0 Å². The Hall–Kier alpha value is -0.0500. The van der Waals surface area contributed by atoms with Crippen molar-refractivity contribution in [2.45, 2.75) is 26.3 Å². The van der Waals surface area contributed by atoms with Gasteiger partial charge < -0.3 is 5.32 Å². The monoisotopic (exact) mass is 275 g/mol. The molecule has 0 spiro atoms. The molecule has 1 nitrogen and oxygen atoms in total. The van der Waals surface area contributed by atoms with E-state index in [1.165, 1.54) is 0 Å². The molecule has 0 saturated carbocycles. The molecule has 78 valence electrons. The summed E-state index contributed by atoms with van der Waals surface area (Å²) >= 11 is 9.60. The predicted octanol–water partition coefficient (Wildman–Crippen LogP) is 4.16. The first-order valence-electron chi connectivity index (χ1n) is 4.84. The molecule has 1 atom stereocenters. The Bertz CT molecular complexity index is 301. The summed E-state index contributed by atoms with van der Waals surface area (Å²) in [5.41, 5.74) is 1.15. The van der Waals surface area contributed by atoms with Crippen molar-refractivity contribution >= 4 is 27.5 Å². The highest BCUT2D eigenvalue weighted by molar-refractivity contribution is 9.10. The Morgan fingerprint density at radius 1 is 1.50 bits per heavy atom. The summed E-state index contributed by atoms with van der Waals surface area (Å²) in [4.78, 5) is 0. The van der Waals surface area contributed by atoms with E-state index in [2.05, 4.69) is 41.2 Å². The average Bonchev–Trinajstić information content (AvgIpc) is 2.18. The lowest BCUT2D eigenvalue weighted by Gasteiger charge is -2.15. The molecule has 1 aromatic carbocycles. The molecule has 0 aliphatic rings. The molecule has 1 N–H and O–H groups in total. The summed E-state index contributed by atoms with van der Waals surface area (Å²) in [7, 11) is 0. The Labute approximate surface area is 99.0 Å². The predicted molar refractivity (Wildman–Crippen MR) is 65.9 cm³/mol. The zero-order chi connectivity index (χ0) is 10.6. The highest BCUT2D eigenvalue weighted by Crippen LogP contribution is 2.29. The Kier molecular flexibility index (Phi) is 4.93. The molecule has 0 saturated heterocycles. The molecule has 1 unspecified atom stereocenters. The van der Waals surface area contributed by atoms with Crippen molar-refractivity contribution in [2.75, 3.05) is 6.54 Å². The van der Waals surface area contributed by atoms with Gasteiger partial charge in [0, 0.05) is 10.5 Å². The van der Waals surface area contributed by atoms with E-state index in [9.17, 15) is 0 Å². The molecule has 1 rings (SSSR count). The lowest BCUT2D eigenvalue weighted by Crippen LogP contribution is -2.19. The van der Waals surface area contributed by atoms with Gasteiger partial charge in [-0.25, -0.2) is 0 Å². The van der Waals surface area contributed by atoms with Gasteiger partial charge in [0.2, 0.25) is 0 Å². The summed E-state index contributed by atoms with van der Waals surface area (Å²) in [5, 5.41) is 4.22. The molecule has 0 amide bonds. The van der Waals surface area contributed by atoms with Gasteiger partial charge in [-0.15, -0.1) is 0 Å². The third kappa shape index (κ3) is 2.97. The van der Waals surface area contributed by atoms with Crippen LogP contribution in [0.5, 0.6) is 0 Å². The van der Waals surface area contributed by atoms with Gasteiger partial charge in [0.1, 0.15) is 0 Å². The molecule has 14 heavy (non-hydrogen) atoms. The second-order valence-corrected chi connectivity index (χ2v) is 4.55. The maximum atomic E-state index is 6.18. The van der Waals surface area contributed by atoms with E-state index >= 15 is 0 Å². The topological polar surface area (TPSA) is 12.0 Å². The Morgan fingerprint density at radius 3 is 2.86 bits per heavy atom. The molecule has 0 aliphatic heterocycles. The molecule has 0 aliphatic carbocycles. The Balaban J connectivity index is 2.79. The van der Waals surface area contributed by atoms with Crippen molar-refractivity contribution in [2.24, 2.45) is 0 Å². The van der Waals surface area contributed by atoms with Gasteiger partial charge in [-0.3, -0.25) is 0 Å². The van der Waals surface area contributed by atoms with E-state index in [1.807, 2.05) is 12.1 Å². The first kappa shape index (κ1) is 12.0. The molecular weight excluding hydrogens is 261 g/mol. The van der Waals surface area contributed by atoms with Crippen molar-refractivity contribution in [1.82, 2.24) is 5.32 Å². The maximum absolute atomic E-state index is 6.18. The van der Waals surface area contributed by atoms with E-state index in [4.69, 9.17) is 11.6 Å². The van der Waals surface area contributed by atoms with Crippen LogP contribution in [0.3, 0.4) is 0 Å². The first-order chi connectivity index (χ1) is 6.66. The molecule has 0 fully saturated rings. The van der Waals surface area contributed by atoms with Crippen LogP contribution in [0.25, 0.3) is 0 Å². The van der Waals surface area contributed by atoms with Crippen LogP contribution in [0, 0.1) is 0 Å². The fraction of sp³-hybridized carbons (Fsp3) is 0.455. The summed E-state index contributed by atoms with van der Waals surface area (Å²) in [6, 6.07) is 6.33. The van der Waals surface area contributed by atoms with Gasteiger partial charge in [-0.05, 0) is 47.4 Å². The molecule has 0 aromatic heterocycles. The molecule has 0 radical (unpaired) electrons. The summed E-state index contributed by atoms with van der Waals surface area (Å²) in [6.07, 6.45) is 1.13. The van der Waals surface area contributed by atoms with E-state index in [0.717, 1.165) is 28.0 Å². The van der Waals surface area contributed by atoms with E-state index in [0.29, 0.717) is 6.04 Å². The zero-order valence-corrected chi connectivity index (χ0v) is 10.8. The van der Waals surface area contributed by atoms with Gasteiger partial charge in [0.05, 0.1) is 5.02 Å². The van der Waals surface area contributed by atoms with Gasteiger partial charge in [0.15, 0.2) is 0 Å². The van der Waals surface area contributed by atoms with Gasteiger partial charge in [-0.1, -0.05) is 30.7 Å². The van der Waals surface area contributed by atoms with Crippen molar-refractivity contribution in [3.05, 3.63) is 33.3 Å². The third-order valence-corrected chi connectivity index (χ3v) is 3.46. The van der Waals surface area contributed by atoms with Gasteiger partial charge >= 0.3 is 0 Å². The van der Waals surface area contributed by atoms with Crippen molar-refractivity contribution < 1.29 is 0 Å². The fourth-order valence-electron chi connectivity index (χ4n) is 1.33. The molecular formula is C11H15BrClN. The molecule has 0 heterocycles. The van der Waals surface area contributed by atoms with Crippen LogP contribution in [0.4, 0.5) is 0 Å². The third-order valence-electron chi connectivity index (χ3n) is 2.15. The fourth-order valence-corrected chi connectivity index (χ4v) is 2.00. The van der Waals surface area contributed by atoms with E-state index < -0.39 is 0 Å². The largest absolute Gasteiger partial charge is 0.310 e. The van der Waals surface area contributed by atoms with Gasteiger partial charge in [-0.2, -0.15) is 0 Å². The first-order valence-corrected chi connectivity index (χ1v) is 6.01. The summed E-state index contributed by atoms with van der Waals surface area (Å²) < 4.78 is 0.960.